The summed E-state index contributed by atoms with van der Waals surface area (Å²) in [5.41, 5.74) is 5.97. The van der Waals surface area contributed by atoms with E-state index in [2.05, 4.69) is 22.2 Å². The predicted octanol–water partition coefficient (Wildman–Crippen LogP) is 3.36. The number of anilines is 1. The number of pyridine rings is 1. The van der Waals surface area contributed by atoms with Crippen LogP contribution in [0.2, 0.25) is 0 Å². The van der Waals surface area contributed by atoms with Gasteiger partial charge in [0.25, 0.3) is 5.91 Å². The summed E-state index contributed by atoms with van der Waals surface area (Å²) in [6.45, 7) is 3.76. The smallest absolute Gasteiger partial charge is 0.274 e. The van der Waals surface area contributed by atoms with Gasteiger partial charge in [0, 0.05) is 17.5 Å². The van der Waals surface area contributed by atoms with Crippen molar-refractivity contribution in [3.05, 3.63) is 53.6 Å². The van der Waals surface area contributed by atoms with Crippen molar-refractivity contribution in [3.8, 4) is 5.75 Å². The molecule has 174 valence electrons. The summed E-state index contributed by atoms with van der Waals surface area (Å²) >= 11 is 0. The van der Waals surface area contributed by atoms with Crippen LogP contribution in [0.5, 0.6) is 5.75 Å². The van der Waals surface area contributed by atoms with Gasteiger partial charge in [-0.3, -0.25) is 9.79 Å². The van der Waals surface area contributed by atoms with Gasteiger partial charge in [-0.25, -0.2) is 17.8 Å². The van der Waals surface area contributed by atoms with Crippen molar-refractivity contribution in [3.63, 3.8) is 0 Å². The number of benzene rings is 1. The first-order chi connectivity index (χ1) is 15.0. The molecule has 2 aromatic rings. The molecule has 3 rings (SSSR count). The average molecular weight is 465 g/mol. The molecule has 0 spiro atoms. The number of carbonyl (C=O) groups is 1. The Morgan fingerprint density at radius 3 is 2.47 bits per heavy atom. The number of ether oxygens (including phenoxy) is 1. The van der Waals surface area contributed by atoms with Gasteiger partial charge in [0.05, 0.1) is 30.9 Å². The summed E-state index contributed by atoms with van der Waals surface area (Å²) < 4.78 is 42.7. The molecule has 1 heterocycles. The molecule has 1 amide bonds. The fourth-order valence-electron chi connectivity index (χ4n) is 2.60. The number of amidine groups is 1. The van der Waals surface area contributed by atoms with E-state index in [1.54, 1.807) is 6.07 Å². The Bertz CT molecular complexity index is 1060. The second kappa shape index (κ2) is 11.0. The molecule has 32 heavy (non-hydrogen) atoms. The first-order valence-electron chi connectivity index (χ1n) is 10.1. The number of amides is 1. The maximum absolute atomic E-state index is 14.3. The van der Waals surface area contributed by atoms with Crippen LogP contribution in [0, 0.1) is 11.7 Å². The number of rotatable bonds is 7. The maximum atomic E-state index is 14.3. The van der Waals surface area contributed by atoms with Crippen LogP contribution in [-0.4, -0.2) is 44.3 Å². The number of sulfone groups is 1. The Kier molecular flexibility index (Phi) is 8.71. The summed E-state index contributed by atoms with van der Waals surface area (Å²) in [6, 6.07) is 5.85. The van der Waals surface area contributed by atoms with Crippen LogP contribution in [0.25, 0.3) is 0 Å². The van der Waals surface area contributed by atoms with Crippen molar-refractivity contribution >= 4 is 27.3 Å². The SMILES string of the molecule is CC1CC1.COc1ccc(C(=O)Nc2ccc(F)c(C(CS(C)(=O)=O)N=C(C)N)c2)nc1. The molecule has 1 unspecified atom stereocenters. The van der Waals surface area contributed by atoms with Crippen molar-refractivity contribution in [2.75, 3.05) is 24.4 Å². The minimum atomic E-state index is -3.46. The van der Waals surface area contributed by atoms with Gasteiger partial charge in [0.1, 0.15) is 27.1 Å². The summed E-state index contributed by atoms with van der Waals surface area (Å²) in [7, 11) is -1.98. The number of nitrogens with two attached hydrogens (primary N) is 1. The minimum absolute atomic E-state index is 0.00992. The summed E-state index contributed by atoms with van der Waals surface area (Å²) in [6.07, 6.45) is 5.39. The molecule has 0 aliphatic heterocycles. The molecule has 1 atom stereocenters. The zero-order valence-corrected chi connectivity index (χ0v) is 19.4. The zero-order chi connectivity index (χ0) is 23.9. The van der Waals surface area contributed by atoms with Crippen LogP contribution in [0.4, 0.5) is 10.1 Å². The fourth-order valence-corrected chi connectivity index (χ4v) is 3.43. The second-order valence-corrected chi connectivity index (χ2v) is 10.0. The number of aromatic nitrogens is 1. The van der Waals surface area contributed by atoms with Crippen molar-refractivity contribution in [2.45, 2.75) is 32.7 Å². The predicted molar refractivity (Wildman–Crippen MR) is 123 cm³/mol. The average Bonchev–Trinajstić information content (AvgIpc) is 3.50. The number of aliphatic imine (C=N–C) groups is 1. The lowest BCUT2D eigenvalue weighted by atomic mass is 10.1. The third kappa shape index (κ3) is 8.62. The molecule has 1 aromatic heterocycles. The summed E-state index contributed by atoms with van der Waals surface area (Å²) in [5.74, 6) is 0.109. The molecular weight excluding hydrogens is 435 g/mol. The highest BCUT2D eigenvalue weighted by molar-refractivity contribution is 7.90. The van der Waals surface area contributed by atoms with Gasteiger partial charge < -0.3 is 15.8 Å². The molecule has 1 aliphatic rings. The lowest BCUT2D eigenvalue weighted by molar-refractivity contribution is 0.102. The molecule has 1 saturated carbocycles. The van der Waals surface area contributed by atoms with E-state index >= 15 is 0 Å². The molecule has 0 bridgehead atoms. The zero-order valence-electron chi connectivity index (χ0n) is 18.6. The lowest BCUT2D eigenvalue weighted by Crippen LogP contribution is -2.18. The van der Waals surface area contributed by atoms with Gasteiger partial charge >= 0.3 is 0 Å². The molecular formula is C22H29FN4O4S. The van der Waals surface area contributed by atoms with E-state index in [0.29, 0.717) is 5.75 Å². The van der Waals surface area contributed by atoms with Gasteiger partial charge in [0.2, 0.25) is 0 Å². The number of hydrogen-bond acceptors (Lipinski definition) is 6. The number of carbonyl (C=O) groups excluding carboxylic acids is 1. The van der Waals surface area contributed by atoms with Crippen LogP contribution in [0.3, 0.4) is 0 Å². The Balaban J connectivity index is 0.000000813. The molecule has 8 nitrogen and oxygen atoms in total. The number of hydrogen-bond donors (Lipinski definition) is 2. The van der Waals surface area contributed by atoms with Crippen LogP contribution in [-0.2, 0) is 9.84 Å². The largest absolute Gasteiger partial charge is 0.495 e. The standard InChI is InChI=1S/C18H21FN4O4S.C4H8/c1-11(20)22-17(10-28(3,25)26)14-8-12(4-6-15(14)19)23-18(24)16-7-5-13(27-2)9-21-16;1-4-2-3-4/h4-9,17H,10H2,1-3H3,(H2,20,22)(H,23,24);4H,2-3H2,1H3. The molecule has 0 radical (unpaired) electrons. The lowest BCUT2D eigenvalue weighted by Gasteiger charge is -2.15. The Hall–Kier alpha value is -3.01. The molecule has 1 fully saturated rings. The number of nitrogens with one attached hydrogen (secondary N) is 1. The first-order valence-corrected chi connectivity index (χ1v) is 12.1. The number of nitrogens with zero attached hydrogens (tertiary/aromatic N) is 2. The third-order valence-corrected chi connectivity index (χ3v) is 5.42. The highest BCUT2D eigenvalue weighted by Crippen LogP contribution is 2.27. The second-order valence-electron chi connectivity index (χ2n) is 7.83. The Labute approximate surface area is 188 Å². The van der Waals surface area contributed by atoms with E-state index in [-0.39, 0.29) is 22.8 Å². The van der Waals surface area contributed by atoms with E-state index in [4.69, 9.17) is 10.5 Å². The van der Waals surface area contributed by atoms with Gasteiger partial charge in [-0.2, -0.15) is 0 Å². The minimum Gasteiger partial charge on any atom is -0.495 e. The monoisotopic (exact) mass is 464 g/mol. The Morgan fingerprint density at radius 1 is 1.34 bits per heavy atom. The highest BCUT2D eigenvalue weighted by atomic mass is 32.2. The molecule has 0 saturated heterocycles. The molecule has 3 N–H and O–H groups in total. The van der Waals surface area contributed by atoms with E-state index in [9.17, 15) is 17.6 Å². The van der Waals surface area contributed by atoms with Gasteiger partial charge in [-0.15, -0.1) is 0 Å². The third-order valence-electron chi connectivity index (χ3n) is 4.50. The first kappa shape index (κ1) is 25.3. The summed E-state index contributed by atoms with van der Waals surface area (Å²) in [4.78, 5) is 20.3. The van der Waals surface area contributed by atoms with E-state index in [1.807, 2.05) is 0 Å². The fraction of sp³-hybridized carbons (Fsp3) is 0.409. The topological polar surface area (TPSA) is 124 Å². The van der Waals surface area contributed by atoms with Crippen LogP contribution in [0.1, 0.15) is 48.8 Å². The molecule has 1 aliphatic carbocycles. The van der Waals surface area contributed by atoms with E-state index < -0.39 is 33.4 Å². The van der Waals surface area contributed by atoms with Crippen LogP contribution >= 0.6 is 0 Å². The van der Waals surface area contributed by atoms with Gasteiger partial charge in [-0.1, -0.05) is 19.8 Å². The normalized spacial score (nSPS) is 14.7. The van der Waals surface area contributed by atoms with Crippen molar-refractivity contribution in [1.29, 1.82) is 0 Å². The van der Waals surface area contributed by atoms with Gasteiger partial charge in [0.15, 0.2) is 0 Å². The quantitative estimate of drug-likeness (QED) is 0.478. The van der Waals surface area contributed by atoms with Gasteiger partial charge in [-0.05, 0) is 43.2 Å². The Morgan fingerprint density at radius 2 is 2.00 bits per heavy atom. The van der Waals surface area contributed by atoms with Crippen LogP contribution in [0.15, 0.2) is 41.5 Å². The van der Waals surface area contributed by atoms with E-state index in [1.165, 1.54) is 51.3 Å². The summed E-state index contributed by atoms with van der Waals surface area (Å²) in [5, 5.41) is 2.60. The van der Waals surface area contributed by atoms with Crippen molar-refractivity contribution < 1.29 is 22.3 Å². The van der Waals surface area contributed by atoms with Crippen LogP contribution < -0.4 is 15.8 Å². The van der Waals surface area contributed by atoms with Crippen molar-refractivity contribution in [2.24, 2.45) is 16.6 Å². The number of halogens is 1. The molecule has 10 heteroatoms. The highest BCUT2D eigenvalue weighted by Gasteiger charge is 2.21. The maximum Gasteiger partial charge on any atom is 0.274 e. The molecule has 1 aromatic carbocycles. The van der Waals surface area contributed by atoms with E-state index in [0.717, 1.165) is 18.2 Å². The van der Waals surface area contributed by atoms with Crippen molar-refractivity contribution in [1.82, 2.24) is 4.98 Å². The number of methoxy groups -OCH3 is 1.